The normalized spacial score (nSPS) is 12.4. The van der Waals surface area contributed by atoms with E-state index in [1.165, 1.54) is 0 Å². The summed E-state index contributed by atoms with van der Waals surface area (Å²) < 4.78 is 4.90. The summed E-state index contributed by atoms with van der Waals surface area (Å²) in [4.78, 5) is 11.5. The number of carbonyl (C=O) groups is 1. The number of hydrogen-bond acceptors (Lipinski definition) is 4. The van der Waals surface area contributed by atoms with E-state index >= 15 is 0 Å². The van der Waals surface area contributed by atoms with Gasteiger partial charge in [0.1, 0.15) is 11.5 Å². The van der Waals surface area contributed by atoms with Crippen molar-refractivity contribution < 1.29 is 9.32 Å². The first-order valence-corrected chi connectivity index (χ1v) is 5.54. The molecule has 0 spiro atoms. The van der Waals surface area contributed by atoms with Crippen LogP contribution < -0.4 is 11.1 Å². The monoisotopic (exact) mass is 225 g/mol. The van der Waals surface area contributed by atoms with E-state index in [9.17, 15) is 4.79 Å². The molecule has 5 nitrogen and oxygen atoms in total. The molecule has 16 heavy (non-hydrogen) atoms. The lowest BCUT2D eigenvalue weighted by atomic mass is 10.0. The van der Waals surface area contributed by atoms with Crippen molar-refractivity contribution >= 4 is 5.91 Å². The third-order valence-electron chi connectivity index (χ3n) is 2.53. The van der Waals surface area contributed by atoms with E-state index in [0.717, 1.165) is 17.9 Å². The van der Waals surface area contributed by atoms with Gasteiger partial charge in [-0.25, -0.2) is 0 Å². The summed E-state index contributed by atoms with van der Waals surface area (Å²) in [6.45, 7) is 4.82. The summed E-state index contributed by atoms with van der Waals surface area (Å²) >= 11 is 0. The molecule has 0 bridgehead atoms. The SMILES string of the molecule is CCC(CN)CC(=O)NCc1cc(C)on1. The highest BCUT2D eigenvalue weighted by Crippen LogP contribution is 2.06. The van der Waals surface area contributed by atoms with Gasteiger partial charge in [-0.15, -0.1) is 0 Å². The van der Waals surface area contributed by atoms with Gasteiger partial charge < -0.3 is 15.6 Å². The van der Waals surface area contributed by atoms with E-state index in [0.29, 0.717) is 19.5 Å². The first-order chi connectivity index (χ1) is 7.65. The zero-order chi connectivity index (χ0) is 12.0. The highest BCUT2D eigenvalue weighted by atomic mass is 16.5. The van der Waals surface area contributed by atoms with Crippen molar-refractivity contribution in [2.45, 2.75) is 33.2 Å². The number of nitrogens with zero attached hydrogens (tertiary/aromatic N) is 1. The van der Waals surface area contributed by atoms with Crippen LogP contribution in [0.4, 0.5) is 0 Å². The molecule has 0 radical (unpaired) electrons. The van der Waals surface area contributed by atoms with Crippen LogP contribution in [0, 0.1) is 12.8 Å². The van der Waals surface area contributed by atoms with E-state index in [1.54, 1.807) is 6.07 Å². The molecular formula is C11H19N3O2. The molecule has 1 aromatic rings. The Bertz CT molecular complexity index is 332. The summed E-state index contributed by atoms with van der Waals surface area (Å²) in [5.41, 5.74) is 6.28. The summed E-state index contributed by atoms with van der Waals surface area (Å²) in [6, 6.07) is 1.81. The zero-order valence-electron chi connectivity index (χ0n) is 9.82. The summed E-state index contributed by atoms with van der Waals surface area (Å²) in [5.74, 6) is 1.02. The minimum Gasteiger partial charge on any atom is -0.361 e. The van der Waals surface area contributed by atoms with Crippen molar-refractivity contribution in [2.75, 3.05) is 6.54 Å². The largest absolute Gasteiger partial charge is 0.361 e. The summed E-state index contributed by atoms with van der Waals surface area (Å²) in [6.07, 6.45) is 1.40. The zero-order valence-corrected chi connectivity index (χ0v) is 9.82. The number of rotatable bonds is 6. The van der Waals surface area contributed by atoms with Crippen LogP contribution in [0.5, 0.6) is 0 Å². The van der Waals surface area contributed by atoms with E-state index in [4.69, 9.17) is 10.3 Å². The van der Waals surface area contributed by atoms with Crippen molar-refractivity contribution in [3.63, 3.8) is 0 Å². The number of hydrogen-bond donors (Lipinski definition) is 2. The minimum absolute atomic E-state index is 0.0120. The Balaban J connectivity index is 2.30. The highest BCUT2D eigenvalue weighted by Gasteiger charge is 2.10. The third-order valence-corrected chi connectivity index (χ3v) is 2.53. The molecule has 1 aromatic heterocycles. The molecule has 1 heterocycles. The van der Waals surface area contributed by atoms with Gasteiger partial charge in [-0.1, -0.05) is 18.5 Å². The Morgan fingerprint density at radius 3 is 2.94 bits per heavy atom. The second kappa shape index (κ2) is 6.27. The standard InChI is InChI=1S/C11H19N3O2/c1-3-9(6-12)5-11(15)13-7-10-4-8(2)16-14-10/h4,9H,3,5-7,12H2,1-2H3,(H,13,15). The number of aromatic nitrogens is 1. The molecule has 1 rings (SSSR count). The minimum atomic E-state index is 0.0120. The van der Waals surface area contributed by atoms with Crippen molar-refractivity contribution in [3.8, 4) is 0 Å². The summed E-state index contributed by atoms with van der Waals surface area (Å²) in [5, 5.41) is 6.59. The maximum atomic E-state index is 11.5. The van der Waals surface area contributed by atoms with E-state index in [2.05, 4.69) is 10.5 Å². The van der Waals surface area contributed by atoms with Crippen molar-refractivity contribution in [1.29, 1.82) is 0 Å². The lowest BCUT2D eigenvalue weighted by Crippen LogP contribution is -2.27. The lowest BCUT2D eigenvalue weighted by Gasteiger charge is -2.11. The molecule has 0 aliphatic heterocycles. The van der Waals surface area contributed by atoms with Gasteiger partial charge >= 0.3 is 0 Å². The van der Waals surface area contributed by atoms with Gasteiger partial charge in [-0.3, -0.25) is 4.79 Å². The number of nitrogens with one attached hydrogen (secondary N) is 1. The van der Waals surface area contributed by atoms with Crippen LogP contribution in [0.25, 0.3) is 0 Å². The Morgan fingerprint density at radius 2 is 2.44 bits per heavy atom. The Morgan fingerprint density at radius 1 is 1.69 bits per heavy atom. The molecule has 1 amide bonds. The van der Waals surface area contributed by atoms with Gasteiger partial charge in [0.2, 0.25) is 5.91 Å². The van der Waals surface area contributed by atoms with E-state index in [-0.39, 0.29) is 11.8 Å². The van der Waals surface area contributed by atoms with Gasteiger partial charge in [-0.05, 0) is 19.4 Å². The quantitative estimate of drug-likeness (QED) is 0.756. The molecule has 90 valence electrons. The number of aryl methyl sites for hydroxylation is 1. The van der Waals surface area contributed by atoms with Gasteiger partial charge in [0, 0.05) is 12.5 Å². The van der Waals surface area contributed by atoms with Crippen molar-refractivity contribution in [2.24, 2.45) is 11.7 Å². The fraction of sp³-hybridized carbons (Fsp3) is 0.636. The number of amides is 1. The predicted octanol–water partition coefficient (Wildman–Crippen LogP) is 0.974. The fourth-order valence-electron chi connectivity index (χ4n) is 1.42. The molecule has 0 fully saturated rings. The van der Waals surface area contributed by atoms with Gasteiger partial charge in [0.05, 0.1) is 6.54 Å². The van der Waals surface area contributed by atoms with Gasteiger partial charge in [-0.2, -0.15) is 0 Å². The van der Waals surface area contributed by atoms with Crippen LogP contribution >= 0.6 is 0 Å². The van der Waals surface area contributed by atoms with E-state index in [1.807, 2.05) is 13.8 Å². The molecule has 5 heteroatoms. The van der Waals surface area contributed by atoms with Crippen LogP contribution in [0.1, 0.15) is 31.2 Å². The Labute approximate surface area is 95.4 Å². The topological polar surface area (TPSA) is 81.2 Å². The molecule has 0 saturated carbocycles. The molecule has 1 atom stereocenters. The lowest BCUT2D eigenvalue weighted by molar-refractivity contribution is -0.122. The van der Waals surface area contributed by atoms with Crippen LogP contribution in [0.15, 0.2) is 10.6 Å². The van der Waals surface area contributed by atoms with Crippen LogP contribution in [0.3, 0.4) is 0 Å². The van der Waals surface area contributed by atoms with Gasteiger partial charge in [0.25, 0.3) is 0 Å². The molecule has 0 aliphatic carbocycles. The average Bonchev–Trinajstić information content (AvgIpc) is 2.69. The number of nitrogens with two attached hydrogens (primary N) is 1. The Hall–Kier alpha value is -1.36. The molecule has 0 saturated heterocycles. The average molecular weight is 225 g/mol. The number of carbonyl (C=O) groups excluding carboxylic acids is 1. The first kappa shape index (κ1) is 12.7. The third kappa shape index (κ3) is 4.02. The van der Waals surface area contributed by atoms with Crippen molar-refractivity contribution in [3.05, 3.63) is 17.5 Å². The maximum absolute atomic E-state index is 11.5. The maximum Gasteiger partial charge on any atom is 0.220 e. The van der Waals surface area contributed by atoms with Crippen LogP contribution in [-0.4, -0.2) is 17.6 Å². The molecule has 0 aromatic carbocycles. The van der Waals surface area contributed by atoms with Gasteiger partial charge in [0.15, 0.2) is 0 Å². The van der Waals surface area contributed by atoms with E-state index < -0.39 is 0 Å². The second-order valence-corrected chi connectivity index (χ2v) is 3.92. The second-order valence-electron chi connectivity index (χ2n) is 3.92. The first-order valence-electron chi connectivity index (χ1n) is 5.54. The predicted molar refractivity (Wildman–Crippen MR) is 60.5 cm³/mol. The molecule has 0 aliphatic rings. The van der Waals surface area contributed by atoms with Crippen LogP contribution in [-0.2, 0) is 11.3 Å². The van der Waals surface area contributed by atoms with Crippen molar-refractivity contribution in [1.82, 2.24) is 10.5 Å². The Kier molecular flexibility index (Phi) is 4.98. The highest BCUT2D eigenvalue weighted by molar-refractivity contribution is 5.76. The molecular weight excluding hydrogens is 206 g/mol. The molecule has 1 unspecified atom stereocenters. The molecule has 3 N–H and O–H groups in total. The van der Waals surface area contributed by atoms with Crippen LogP contribution in [0.2, 0.25) is 0 Å². The smallest absolute Gasteiger partial charge is 0.220 e. The fourth-order valence-corrected chi connectivity index (χ4v) is 1.42. The summed E-state index contributed by atoms with van der Waals surface area (Å²) in [7, 11) is 0.